The summed E-state index contributed by atoms with van der Waals surface area (Å²) in [6.45, 7) is 0. The van der Waals surface area contributed by atoms with Crippen LogP contribution in [0.4, 0.5) is 0 Å². The average Bonchev–Trinajstić information content (AvgIpc) is 3.71. The van der Waals surface area contributed by atoms with Gasteiger partial charge in [-0.1, -0.05) is 176 Å². The molecule has 2 heterocycles. The van der Waals surface area contributed by atoms with Crippen molar-refractivity contribution in [1.29, 1.82) is 0 Å². The van der Waals surface area contributed by atoms with Gasteiger partial charge >= 0.3 is 0 Å². The quantitative estimate of drug-likeness (QED) is 0.133. The zero-order chi connectivity index (χ0) is 38.6. The van der Waals surface area contributed by atoms with Gasteiger partial charge in [0.25, 0.3) is 0 Å². The van der Waals surface area contributed by atoms with Gasteiger partial charge in [0.05, 0.1) is 11.0 Å². The number of imidazole rings is 1. The Hall–Kier alpha value is -7.88. The Morgan fingerprint density at radius 1 is 0.356 bits per heavy atom. The average molecular weight is 748 g/mol. The van der Waals surface area contributed by atoms with Gasteiger partial charge < -0.3 is 0 Å². The zero-order valence-corrected chi connectivity index (χ0v) is 31.9. The van der Waals surface area contributed by atoms with E-state index in [2.05, 4.69) is 199 Å². The molecule has 0 atom stereocenters. The SMILES string of the molecule is c1ccc2c(-c3ccc(-n4c(-c5ccc(-c6ccc7ccc8cccc9ccc6c7c89)cc5)nc5c6ccccc6c6ccccc6c54)nc3)c3ccccc3cc2c1. The van der Waals surface area contributed by atoms with Crippen molar-refractivity contribution in [2.45, 2.75) is 0 Å². The number of pyridine rings is 1. The number of nitrogens with zero attached hydrogens (tertiary/aromatic N) is 3. The summed E-state index contributed by atoms with van der Waals surface area (Å²) in [6.07, 6.45) is 2.04. The van der Waals surface area contributed by atoms with E-state index in [1.807, 2.05) is 6.20 Å². The fourth-order valence-corrected chi connectivity index (χ4v) is 9.90. The van der Waals surface area contributed by atoms with Crippen LogP contribution in [0.25, 0.3) is 126 Å². The van der Waals surface area contributed by atoms with Crippen molar-refractivity contribution in [2.75, 3.05) is 0 Å². The van der Waals surface area contributed by atoms with Gasteiger partial charge in [-0.05, 0) is 99.5 Å². The standard InChI is InChI=1S/C56H33N3/c1-3-14-43-39(10-1)32-40-11-2-4-15-44(40)52(43)41-28-31-50(57-33-41)59-55-49-19-8-6-17-46(49)45-16-5-7-18-48(45)54(55)58-56(59)38-24-20-34(21-25-38)42-29-26-37-23-22-35-12-9-13-36-27-30-47(42)53(37)51(35)36/h1-33H. The molecular formula is C56H33N3. The van der Waals surface area contributed by atoms with Crippen LogP contribution in [0, 0.1) is 0 Å². The summed E-state index contributed by atoms with van der Waals surface area (Å²) in [6, 6.07) is 70.4. The number of hydrogen-bond acceptors (Lipinski definition) is 2. The van der Waals surface area contributed by atoms with Crippen molar-refractivity contribution >= 4 is 86.4 Å². The van der Waals surface area contributed by atoms with Crippen molar-refractivity contribution in [2.24, 2.45) is 0 Å². The normalized spacial score (nSPS) is 12.1. The molecule has 0 bridgehead atoms. The van der Waals surface area contributed by atoms with Crippen LogP contribution in [0.5, 0.6) is 0 Å². The predicted molar refractivity (Wildman–Crippen MR) is 249 cm³/mol. The lowest BCUT2D eigenvalue weighted by molar-refractivity contribution is 1.04. The number of rotatable bonds is 4. The van der Waals surface area contributed by atoms with Gasteiger partial charge in [0, 0.05) is 28.1 Å². The van der Waals surface area contributed by atoms with Crippen LogP contribution in [0.1, 0.15) is 0 Å². The van der Waals surface area contributed by atoms with Crippen molar-refractivity contribution in [3.05, 3.63) is 200 Å². The number of benzene rings is 11. The van der Waals surface area contributed by atoms with Gasteiger partial charge in [-0.3, -0.25) is 4.57 Å². The summed E-state index contributed by atoms with van der Waals surface area (Å²) in [4.78, 5) is 10.8. The second kappa shape index (κ2) is 12.3. The molecule has 0 radical (unpaired) electrons. The Bertz CT molecular complexity index is 3750. The monoisotopic (exact) mass is 747 g/mol. The summed E-state index contributed by atoms with van der Waals surface area (Å²) < 4.78 is 2.28. The molecule has 0 aliphatic heterocycles. The lowest BCUT2D eigenvalue weighted by atomic mass is 9.90. The Kier molecular flexibility index (Phi) is 6.72. The summed E-state index contributed by atoms with van der Waals surface area (Å²) in [5.74, 6) is 1.69. The minimum atomic E-state index is 0.826. The van der Waals surface area contributed by atoms with Crippen LogP contribution in [0.2, 0.25) is 0 Å². The Labute approximate surface area is 339 Å². The maximum atomic E-state index is 5.53. The summed E-state index contributed by atoms with van der Waals surface area (Å²) >= 11 is 0. The van der Waals surface area contributed by atoms with E-state index in [-0.39, 0.29) is 0 Å². The number of aromatic nitrogens is 3. The molecule has 59 heavy (non-hydrogen) atoms. The molecule has 0 aliphatic carbocycles. The van der Waals surface area contributed by atoms with E-state index in [0.29, 0.717) is 0 Å². The van der Waals surface area contributed by atoms with E-state index < -0.39 is 0 Å². The van der Waals surface area contributed by atoms with Crippen molar-refractivity contribution in [1.82, 2.24) is 14.5 Å². The van der Waals surface area contributed by atoms with E-state index in [0.717, 1.165) is 44.6 Å². The second-order valence-corrected chi connectivity index (χ2v) is 15.7. The Morgan fingerprint density at radius 2 is 0.898 bits per heavy atom. The summed E-state index contributed by atoms with van der Waals surface area (Å²) in [5, 5.41) is 17.3. The van der Waals surface area contributed by atoms with E-state index in [1.54, 1.807) is 0 Å². The molecule has 13 aromatic rings. The largest absolute Gasteiger partial charge is 0.276 e. The maximum Gasteiger partial charge on any atom is 0.146 e. The van der Waals surface area contributed by atoms with Gasteiger partial charge in [0.2, 0.25) is 0 Å². The second-order valence-electron chi connectivity index (χ2n) is 15.7. The first-order chi connectivity index (χ1) is 29.3. The van der Waals surface area contributed by atoms with Gasteiger partial charge in [0.1, 0.15) is 11.6 Å². The molecule has 11 aromatic carbocycles. The van der Waals surface area contributed by atoms with Gasteiger partial charge in [-0.25, -0.2) is 9.97 Å². The van der Waals surface area contributed by atoms with Gasteiger partial charge in [0.15, 0.2) is 0 Å². The molecule has 3 heteroatoms. The Balaban J connectivity index is 1.02. The third kappa shape index (κ3) is 4.70. The van der Waals surface area contributed by atoms with Crippen LogP contribution in [0.15, 0.2) is 200 Å². The van der Waals surface area contributed by atoms with E-state index in [1.165, 1.54) is 81.3 Å². The molecule has 0 saturated heterocycles. The highest BCUT2D eigenvalue weighted by Gasteiger charge is 2.22. The predicted octanol–water partition coefficient (Wildman–Crippen LogP) is 14.9. The number of hydrogen-bond donors (Lipinski definition) is 0. The van der Waals surface area contributed by atoms with E-state index >= 15 is 0 Å². The zero-order valence-electron chi connectivity index (χ0n) is 31.9. The van der Waals surface area contributed by atoms with Gasteiger partial charge in [-0.15, -0.1) is 0 Å². The molecule has 0 N–H and O–H groups in total. The van der Waals surface area contributed by atoms with Crippen LogP contribution in [-0.2, 0) is 0 Å². The molecule has 0 aliphatic rings. The highest BCUT2D eigenvalue weighted by atomic mass is 15.1. The van der Waals surface area contributed by atoms with Crippen LogP contribution < -0.4 is 0 Å². The van der Waals surface area contributed by atoms with Crippen LogP contribution in [-0.4, -0.2) is 14.5 Å². The molecule has 2 aromatic heterocycles. The van der Waals surface area contributed by atoms with E-state index in [9.17, 15) is 0 Å². The molecule has 13 rings (SSSR count). The summed E-state index contributed by atoms with van der Waals surface area (Å²) in [5.41, 5.74) is 7.74. The molecule has 0 saturated carbocycles. The summed E-state index contributed by atoms with van der Waals surface area (Å²) in [7, 11) is 0. The molecule has 0 amide bonds. The lowest BCUT2D eigenvalue weighted by Gasteiger charge is -2.15. The van der Waals surface area contributed by atoms with Gasteiger partial charge in [-0.2, -0.15) is 0 Å². The first kappa shape index (κ1) is 32.2. The smallest absolute Gasteiger partial charge is 0.146 e. The third-order valence-corrected chi connectivity index (χ3v) is 12.6. The van der Waals surface area contributed by atoms with E-state index in [4.69, 9.17) is 9.97 Å². The van der Waals surface area contributed by atoms with Crippen molar-refractivity contribution < 1.29 is 0 Å². The highest BCUT2D eigenvalue weighted by molar-refractivity contribution is 6.26. The molecule has 272 valence electrons. The maximum absolute atomic E-state index is 5.53. The van der Waals surface area contributed by atoms with Crippen LogP contribution in [0.3, 0.4) is 0 Å². The molecular weight excluding hydrogens is 715 g/mol. The molecule has 0 spiro atoms. The fraction of sp³-hybridized carbons (Fsp3) is 0. The minimum absolute atomic E-state index is 0.826. The number of fused-ring (bicyclic) bond motifs is 8. The fourth-order valence-electron chi connectivity index (χ4n) is 9.90. The molecule has 0 fully saturated rings. The topological polar surface area (TPSA) is 30.7 Å². The Morgan fingerprint density at radius 3 is 1.59 bits per heavy atom. The van der Waals surface area contributed by atoms with Crippen molar-refractivity contribution in [3.8, 4) is 39.5 Å². The highest BCUT2D eigenvalue weighted by Crippen LogP contribution is 2.43. The molecule has 3 nitrogen and oxygen atoms in total. The first-order valence-corrected chi connectivity index (χ1v) is 20.2. The lowest BCUT2D eigenvalue weighted by Crippen LogP contribution is -2.01. The first-order valence-electron chi connectivity index (χ1n) is 20.2. The van der Waals surface area contributed by atoms with Crippen LogP contribution >= 0.6 is 0 Å². The van der Waals surface area contributed by atoms with Crippen molar-refractivity contribution in [3.63, 3.8) is 0 Å². The third-order valence-electron chi connectivity index (χ3n) is 12.6. The minimum Gasteiger partial charge on any atom is -0.276 e. The molecule has 0 unspecified atom stereocenters.